The fourth-order valence-electron chi connectivity index (χ4n) is 5.77. The van der Waals surface area contributed by atoms with Gasteiger partial charge >= 0.3 is 6.09 Å². The summed E-state index contributed by atoms with van der Waals surface area (Å²) in [5.74, 6) is 0.370. The van der Waals surface area contributed by atoms with E-state index in [0.717, 1.165) is 57.8 Å². The molecular weight excluding hydrogens is 502 g/mol. The average Bonchev–Trinajstić information content (AvgIpc) is 3.41. The number of aromatic nitrogens is 1. The molecule has 4 heterocycles. The normalized spacial score (nSPS) is 22.0. The van der Waals surface area contributed by atoms with Crippen LogP contribution in [0.15, 0.2) is 52.2 Å². The monoisotopic (exact) mass is 533 g/mol. The number of ether oxygens (including phenoxy) is 1. The number of pyridine rings is 1. The van der Waals surface area contributed by atoms with Crippen LogP contribution in [0, 0.1) is 0 Å². The summed E-state index contributed by atoms with van der Waals surface area (Å²) in [6, 6.07) is 13.5. The predicted molar refractivity (Wildman–Crippen MR) is 151 cm³/mol. The Kier molecular flexibility index (Phi) is 6.11. The van der Waals surface area contributed by atoms with E-state index < -0.39 is 0 Å². The summed E-state index contributed by atoms with van der Waals surface area (Å²) in [6.07, 6.45) is 0.984. The molecule has 38 heavy (non-hydrogen) atoms. The first kappa shape index (κ1) is 24.8. The molecule has 3 aromatic rings. The van der Waals surface area contributed by atoms with Gasteiger partial charge in [0.2, 0.25) is 5.91 Å². The van der Waals surface area contributed by atoms with Gasteiger partial charge in [-0.05, 0) is 62.2 Å². The van der Waals surface area contributed by atoms with Gasteiger partial charge in [0.15, 0.2) is 0 Å². The largest absolute Gasteiger partial charge is 0.444 e. The molecule has 0 saturated carbocycles. The van der Waals surface area contributed by atoms with Crippen LogP contribution in [0.3, 0.4) is 0 Å². The maximum absolute atomic E-state index is 12.7. The standard InChI is InChI=1S/C28H31N5O4S/c1-28(16-33-25(35)11-7-19-22(31(2)3)9-8-20(28)26(19)33)29-12-4-5-18-14-32(27(36)37-18)17-6-10-23-21(13-17)30-24(34)15-38-23/h6-11,13,18,29H,4-5,12,14-16H2,1-3H3,(H,30,34)/t18-,28-/m0/s1. The zero-order chi connectivity index (χ0) is 26.6. The van der Waals surface area contributed by atoms with E-state index in [2.05, 4.69) is 34.6 Å². The highest BCUT2D eigenvalue weighted by molar-refractivity contribution is 8.00. The lowest BCUT2D eigenvalue weighted by Gasteiger charge is -2.27. The van der Waals surface area contributed by atoms with Gasteiger partial charge in [0, 0.05) is 48.4 Å². The molecule has 1 fully saturated rings. The van der Waals surface area contributed by atoms with Gasteiger partial charge in [-0.25, -0.2) is 4.79 Å². The minimum atomic E-state index is -0.362. The zero-order valence-corrected chi connectivity index (χ0v) is 22.6. The van der Waals surface area contributed by atoms with Crippen LogP contribution >= 0.6 is 11.8 Å². The molecule has 1 aromatic heterocycles. The van der Waals surface area contributed by atoms with Gasteiger partial charge < -0.3 is 24.8 Å². The number of nitrogens with one attached hydrogen (secondary N) is 2. The number of fused-ring (bicyclic) bond motifs is 1. The lowest BCUT2D eigenvalue weighted by atomic mass is 9.92. The second kappa shape index (κ2) is 9.36. The zero-order valence-electron chi connectivity index (χ0n) is 21.7. The van der Waals surface area contributed by atoms with Crippen molar-refractivity contribution in [3.8, 4) is 0 Å². The van der Waals surface area contributed by atoms with Gasteiger partial charge in [0.25, 0.3) is 5.56 Å². The highest BCUT2D eigenvalue weighted by Gasteiger charge is 2.37. The molecule has 6 rings (SSSR count). The summed E-state index contributed by atoms with van der Waals surface area (Å²) in [6.45, 7) is 3.93. The number of hydrogen-bond donors (Lipinski definition) is 2. The molecule has 3 aliphatic rings. The van der Waals surface area contributed by atoms with E-state index in [1.807, 2.05) is 42.9 Å². The Bertz CT molecular complexity index is 1520. The molecule has 1 saturated heterocycles. The predicted octanol–water partition coefficient (Wildman–Crippen LogP) is 3.74. The lowest BCUT2D eigenvalue weighted by molar-refractivity contribution is -0.113. The molecule has 2 atom stereocenters. The Morgan fingerprint density at radius 1 is 1.16 bits per heavy atom. The third-order valence-corrected chi connectivity index (χ3v) is 8.75. The van der Waals surface area contributed by atoms with Crippen molar-refractivity contribution in [2.45, 2.75) is 42.8 Å². The van der Waals surface area contributed by atoms with Gasteiger partial charge in [-0.3, -0.25) is 14.5 Å². The minimum Gasteiger partial charge on any atom is -0.444 e. The smallest absolute Gasteiger partial charge is 0.414 e. The van der Waals surface area contributed by atoms with Crippen molar-refractivity contribution < 1.29 is 14.3 Å². The van der Waals surface area contributed by atoms with Gasteiger partial charge in [0.1, 0.15) is 6.10 Å². The molecule has 0 radical (unpaired) electrons. The van der Waals surface area contributed by atoms with Crippen LogP contribution in [-0.2, 0) is 21.6 Å². The SMILES string of the molecule is CN(C)c1ccc2c3c1ccc(=O)n3C[C@]2(C)NCCC[C@H]1CN(c2ccc3c(c2)NC(=O)CS3)C(=O)O1. The van der Waals surface area contributed by atoms with E-state index in [1.165, 1.54) is 11.8 Å². The van der Waals surface area contributed by atoms with Crippen LogP contribution in [0.1, 0.15) is 25.3 Å². The van der Waals surface area contributed by atoms with Crippen molar-refractivity contribution in [2.75, 3.05) is 48.1 Å². The Balaban J connectivity index is 1.09. The molecule has 0 aliphatic carbocycles. The number of cyclic esters (lactones) is 1. The summed E-state index contributed by atoms with van der Waals surface area (Å²) in [4.78, 5) is 41.8. The maximum Gasteiger partial charge on any atom is 0.414 e. The number of carbonyl (C=O) groups excluding carboxylic acids is 2. The number of rotatable bonds is 7. The minimum absolute atomic E-state index is 0.0125. The number of hydrogen-bond acceptors (Lipinski definition) is 7. The van der Waals surface area contributed by atoms with Crippen LogP contribution < -0.4 is 26.0 Å². The molecule has 2 amide bonds. The van der Waals surface area contributed by atoms with Crippen molar-refractivity contribution in [3.05, 3.63) is 58.4 Å². The van der Waals surface area contributed by atoms with E-state index in [0.29, 0.717) is 18.8 Å². The molecule has 2 N–H and O–H groups in total. The first-order valence-electron chi connectivity index (χ1n) is 12.9. The number of benzene rings is 2. The first-order valence-corrected chi connectivity index (χ1v) is 13.9. The second-order valence-electron chi connectivity index (χ2n) is 10.6. The molecular formula is C28H31N5O4S. The summed E-state index contributed by atoms with van der Waals surface area (Å²) in [5.41, 5.74) is 4.34. The highest BCUT2D eigenvalue weighted by Crippen LogP contribution is 2.39. The van der Waals surface area contributed by atoms with Crippen molar-refractivity contribution in [3.63, 3.8) is 0 Å². The summed E-state index contributed by atoms with van der Waals surface area (Å²) < 4.78 is 7.53. The molecule has 0 bridgehead atoms. The first-order chi connectivity index (χ1) is 18.2. The van der Waals surface area contributed by atoms with E-state index in [1.54, 1.807) is 11.0 Å². The van der Waals surface area contributed by atoms with Crippen molar-refractivity contribution >= 4 is 51.7 Å². The Labute approximate surface area is 225 Å². The number of thioether (sulfide) groups is 1. The van der Waals surface area contributed by atoms with Crippen molar-refractivity contribution in [1.82, 2.24) is 9.88 Å². The Morgan fingerprint density at radius 2 is 2.00 bits per heavy atom. The lowest BCUT2D eigenvalue weighted by Crippen LogP contribution is -2.41. The van der Waals surface area contributed by atoms with Gasteiger partial charge in [-0.1, -0.05) is 6.07 Å². The number of carbonyl (C=O) groups is 2. The van der Waals surface area contributed by atoms with Crippen LogP contribution in [-0.4, -0.2) is 55.6 Å². The molecule has 198 valence electrons. The van der Waals surface area contributed by atoms with Crippen LogP contribution in [0.5, 0.6) is 0 Å². The fourth-order valence-corrected chi connectivity index (χ4v) is 6.56. The molecule has 0 unspecified atom stereocenters. The number of amides is 2. The van der Waals surface area contributed by atoms with Crippen molar-refractivity contribution in [2.24, 2.45) is 0 Å². The fraction of sp³-hybridized carbons (Fsp3) is 0.393. The molecule has 0 spiro atoms. The second-order valence-corrected chi connectivity index (χ2v) is 11.6. The van der Waals surface area contributed by atoms with Gasteiger partial charge in [-0.2, -0.15) is 0 Å². The summed E-state index contributed by atoms with van der Waals surface area (Å²) >= 11 is 1.50. The molecule has 2 aromatic carbocycles. The van der Waals surface area contributed by atoms with Crippen LogP contribution in [0.2, 0.25) is 0 Å². The molecule has 10 heteroatoms. The molecule has 9 nitrogen and oxygen atoms in total. The van der Waals surface area contributed by atoms with Gasteiger partial charge in [-0.15, -0.1) is 11.8 Å². The Morgan fingerprint density at radius 3 is 2.82 bits per heavy atom. The van der Waals surface area contributed by atoms with E-state index >= 15 is 0 Å². The van der Waals surface area contributed by atoms with E-state index in [-0.39, 0.29) is 29.2 Å². The van der Waals surface area contributed by atoms with E-state index in [4.69, 9.17) is 4.74 Å². The quantitative estimate of drug-likeness (QED) is 0.447. The van der Waals surface area contributed by atoms with Crippen molar-refractivity contribution in [1.29, 1.82) is 0 Å². The number of nitrogens with zero attached hydrogens (tertiary/aromatic N) is 3. The van der Waals surface area contributed by atoms with Crippen LogP contribution in [0.4, 0.5) is 21.9 Å². The summed E-state index contributed by atoms with van der Waals surface area (Å²) in [7, 11) is 4.03. The maximum atomic E-state index is 12.7. The average molecular weight is 534 g/mol. The van der Waals surface area contributed by atoms with E-state index in [9.17, 15) is 14.4 Å². The summed E-state index contributed by atoms with van der Waals surface area (Å²) in [5, 5.41) is 7.64. The topological polar surface area (TPSA) is 95.9 Å². The molecule has 3 aliphatic heterocycles. The number of anilines is 3. The third kappa shape index (κ3) is 4.21. The highest BCUT2D eigenvalue weighted by atomic mass is 32.2. The third-order valence-electron chi connectivity index (χ3n) is 7.67. The van der Waals surface area contributed by atoms with Gasteiger partial charge in [0.05, 0.1) is 29.0 Å². The Hall–Kier alpha value is -3.50. The van der Waals surface area contributed by atoms with Crippen LogP contribution in [0.25, 0.3) is 10.9 Å².